The van der Waals surface area contributed by atoms with E-state index in [-0.39, 0.29) is 64.0 Å². The molecule has 2 heterocycles. The van der Waals surface area contributed by atoms with Crippen LogP contribution in [0.3, 0.4) is 0 Å². The van der Waals surface area contributed by atoms with E-state index in [1.165, 1.54) is 58.0 Å². The maximum Gasteiger partial charge on any atom is 0.306 e. The molecule has 1 N–H and O–H groups in total. The molecule has 6 fully saturated rings. The fourth-order valence-corrected chi connectivity index (χ4v) is 11.5. The van der Waals surface area contributed by atoms with Gasteiger partial charge in [0, 0.05) is 44.2 Å². The number of rotatable bonds is 5. The largest absolute Gasteiger partial charge is 1.00 e. The highest BCUT2D eigenvalue weighted by atomic mass is 79.9. The fraction of sp³-hybridized carbons (Fsp3) is 0.941. The number of quaternary nitrogens is 1. The average Bonchev–Trinajstić information content (AvgIpc) is 3.26. The van der Waals surface area contributed by atoms with Gasteiger partial charge in [-0.15, -0.1) is 0 Å². The van der Waals surface area contributed by atoms with Crippen LogP contribution in [0.1, 0.15) is 98.3 Å². The van der Waals surface area contributed by atoms with Crippen molar-refractivity contribution in [2.24, 2.45) is 40.4 Å². The molecule has 2 aliphatic heterocycles. The third-order valence-corrected chi connectivity index (χ3v) is 13.6. The first-order valence-corrected chi connectivity index (χ1v) is 17.1. The summed E-state index contributed by atoms with van der Waals surface area (Å²) >= 11 is 0. The van der Waals surface area contributed by atoms with Crippen molar-refractivity contribution in [3.8, 4) is 0 Å². The summed E-state index contributed by atoms with van der Waals surface area (Å²) in [5.41, 5.74) is 0.285. The maximum absolute atomic E-state index is 12.9. The molecule has 8 heteroatoms. The molecule has 4 unspecified atom stereocenters. The zero-order valence-corrected chi connectivity index (χ0v) is 28.5. The second kappa shape index (κ2) is 12.6. The number of likely N-dealkylation sites (N-methyl/N-ethyl adjacent to an activating group) is 1. The topological polar surface area (TPSA) is 73.9 Å². The first-order valence-electron chi connectivity index (χ1n) is 17.1. The molecule has 6 rings (SSSR count). The van der Waals surface area contributed by atoms with Gasteiger partial charge in [0.15, 0.2) is 6.10 Å². The van der Waals surface area contributed by atoms with Gasteiger partial charge in [-0.05, 0) is 86.9 Å². The molecule has 4 saturated carbocycles. The van der Waals surface area contributed by atoms with Crippen LogP contribution in [0.4, 0.5) is 0 Å². The number of nitrogens with one attached hydrogen (secondary N) is 1. The predicted octanol–water partition coefficient (Wildman–Crippen LogP) is 2.11. The first-order chi connectivity index (χ1) is 19.6. The van der Waals surface area contributed by atoms with E-state index in [0.717, 1.165) is 43.4 Å². The van der Waals surface area contributed by atoms with Crippen LogP contribution < -0.4 is 22.3 Å². The summed E-state index contributed by atoms with van der Waals surface area (Å²) in [7, 11) is 2.46. The molecule has 0 amide bonds. The van der Waals surface area contributed by atoms with Gasteiger partial charge < -0.3 is 41.0 Å². The van der Waals surface area contributed by atoms with Gasteiger partial charge in [0.25, 0.3) is 0 Å². The number of halogens is 1. The Balaban J connectivity index is 0.00000353. The highest BCUT2D eigenvalue weighted by Gasteiger charge is 2.67. The zero-order valence-electron chi connectivity index (χ0n) is 26.9. The minimum atomic E-state index is -0.159. The van der Waals surface area contributed by atoms with Crippen molar-refractivity contribution >= 4 is 11.9 Å². The van der Waals surface area contributed by atoms with E-state index in [1.807, 2.05) is 6.92 Å². The molecule has 42 heavy (non-hydrogen) atoms. The normalized spacial score (nSPS) is 46.3. The van der Waals surface area contributed by atoms with Crippen LogP contribution in [-0.4, -0.2) is 80.6 Å². The molecule has 0 bridgehead atoms. The van der Waals surface area contributed by atoms with Crippen LogP contribution in [0, 0.1) is 40.4 Å². The van der Waals surface area contributed by atoms with Gasteiger partial charge in [-0.25, -0.2) is 0 Å². The molecule has 0 aromatic carbocycles. The van der Waals surface area contributed by atoms with Crippen molar-refractivity contribution in [3.05, 3.63) is 0 Å². The third-order valence-electron chi connectivity index (χ3n) is 13.6. The summed E-state index contributed by atoms with van der Waals surface area (Å²) in [4.78, 5) is 25.0. The lowest BCUT2D eigenvalue weighted by atomic mass is 9.44. The number of ether oxygens (including phenoxy) is 3. The van der Waals surface area contributed by atoms with E-state index < -0.39 is 0 Å². The maximum atomic E-state index is 12.9. The Morgan fingerprint density at radius 2 is 1.74 bits per heavy atom. The number of carbonyl (C=O) groups excluding carboxylic acids is 2. The monoisotopic (exact) mass is 652 g/mol. The van der Waals surface area contributed by atoms with E-state index in [1.54, 1.807) is 6.92 Å². The number of esters is 2. The molecule has 2 saturated heterocycles. The summed E-state index contributed by atoms with van der Waals surface area (Å²) < 4.78 is 19.9. The molecule has 0 aromatic heterocycles. The van der Waals surface area contributed by atoms with Crippen LogP contribution in [0.5, 0.6) is 0 Å². The highest BCUT2D eigenvalue weighted by Crippen LogP contribution is 2.68. The second-order valence-electron chi connectivity index (χ2n) is 15.6. The van der Waals surface area contributed by atoms with Crippen molar-refractivity contribution in [2.75, 3.05) is 39.8 Å². The quantitative estimate of drug-likeness (QED) is 0.362. The van der Waals surface area contributed by atoms with Crippen molar-refractivity contribution < 1.29 is 45.3 Å². The third kappa shape index (κ3) is 5.62. The molecule has 0 radical (unpaired) electrons. The minimum absolute atomic E-state index is 0. The molecule has 0 spiro atoms. The minimum Gasteiger partial charge on any atom is -1.00 e. The van der Waals surface area contributed by atoms with Gasteiger partial charge in [-0.1, -0.05) is 20.8 Å². The number of hydrogen-bond donors (Lipinski definition) is 1. The average molecular weight is 654 g/mol. The van der Waals surface area contributed by atoms with Gasteiger partial charge in [0.05, 0.1) is 32.8 Å². The smallest absolute Gasteiger partial charge is 0.306 e. The van der Waals surface area contributed by atoms with E-state index >= 15 is 0 Å². The van der Waals surface area contributed by atoms with Crippen LogP contribution in [0.15, 0.2) is 0 Å². The van der Waals surface area contributed by atoms with Crippen molar-refractivity contribution in [1.29, 1.82) is 0 Å². The van der Waals surface area contributed by atoms with E-state index in [0.29, 0.717) is 36.1 Å². The Bertz CT molecular complexity index is 983. The summed E-state index contributed by atoms with van der Waals surface area (Å²) in [5, 5.41) is 3.54. The predicted molar refractivity (Wildman–Crippen MR) is 158 cm³/mol. The second-order valence-corrected chi connectivity index (χ2v) is 15.6. The molecular formula is C34H57BrN2O5. The fourth-order valence-electron chi connectivity index (χ4n) is 11.5. The molecular weight excluding hydrogens is 596 g/mol. The number of piperidine rings is 1. The van der Waals surface area contributed by atoms with Crippen LogP contribution >= 0.6 is 0 Å². The summed E-state index contributed by atoms with van der Waals surface area (Å²) in [5.74, 6) is 2.60. The Kier molecular flexibility index (Phi) is 9.80. The van der Waals surface area contributed by atoms with Crippen molar-refractivity contribution in [1.82, 2.24) is 5.32 Å². The van der Waals surface area contributed by atoms with Crippen molar-refractivity contribution in [3.63, 3.8) is 0 Å². The Labute approximate surface area is 264 Å². The first kappa shape index (κ1) is 32.7. The van der Waals surface area contributed by atoms with E-state index in [9.17, 15) is 9.59 Å². The standard InChI is InChI=1S/C34H57N2O5.BrH/c1-6-31(38)41-32-28(36(5)15-8-7-9-16-36)19-27-24-11-10-23-18-29(40-22(2)37)25(30-21-35-14-17-39-30)20-34(23,4)26(24)12-13-33(27,32)3;/h23-30,32,35H,6-21H2,1-5H3;1H/q+1;/p-1/t23-,24?,25+,26?,27?,28-,29-,30?,32-,33-,34-;/m0./s1. The molecule has 4 aliphatic carbocycles. The number of carbonyl (C=O) groups is 2. The van der Waals surface area contributed by atoms with E-state index in [2.05, 4.69) is 26.2 Å². The van der Waals surface area contributed by atoms with Gasteiger partial charge in [0.2, 0.25) is 0 Å². The lowest BCUT2D eigenvalue weighted by molar-refractivity contribution is -0.940. The number of hydrogen-bond acceptors (Lipinski definition) is 6. The lowest BCUT2D eigenvalue weighted by Gasteiger charge is -2.62. The summed E-state index contributed by atoms with van der Waals surface area (Å²) in [6, 6.07) is 0.416. The molecule has 11 atom stereocenters. The lowest BCUT2D eigenvalue weighted by Crippen LogP contribution is -3.00. The Morgan fingerprint density at radius 1 is 0.976 bits per heavy atom. The Morgan fingerprint density at radius 3 is 2.40 bits per heavy atom. The zero-order chi connectivity index (χ0) is 29.0. The molecule has 240 valence electrons. The van der Waals surface area contributed by atoms with Crippen LogP contribution in [0.25, 0.3) is 0 Å². The SMILES string of the molecule is CCC(=O)O[C@H]1[C@@H]([N+]2(C)CCCCC2)CC2C3CC[C@H]4C[C@H](OC(C)=O)[C@H](C5CNCCO5)C[C@]4(C)C3CC[C@@]21C.[Br-]. The number of fused-ring (bicyclic) bond motifs is 5. The van der Waals surface area contributed by atoms with E-state index in [4.69, 9.17) is 14.2 Å². The molecule has 7 nitrogen and oxygen atoms in total. The number of nitrogens with zero attached hydrogens (tertiary/aromatic N) is 1. The number of morpholine rings is 1. The van der Waals surface area contributed by atoms with Gasteiger partial charge >= 0.3 is 11.9 Å². The van der Waals surface area contributed by atoms with Gasteiger partial charge in [-0.2, -0.15) is 0 Å². The van der Waals surface area contributed by atoms with Crippen LogP contribution in [0.2, 0.25) is 0 Å². The Hall–Kier alpha value is -0.700. The summed E-state index contributed by atoms with van der Waals surface area (Å²) in [6.45, 7) is 13.5. The van der Waals surface area contributed by atoms with Gasteiger partial charge in [-0.3, -0.25) is 9.59 Å². The number of likely N-dealkylation sites (tertiary alicyclic amines) is 1. The summed E-state index contributed by atoms with van der Waals surface area (Å²) in [6.07, 6.45) is 12.6. The van der Waals surface area contributed by atoms with Crippen LogP contribution in [-0.2, 0) is 23.8 Å². The van der Waals surface area contributed by atoms with Crippen molar-refractivity contribution in [2.45, 2.75) is 123 Å². The molecule has 0 aromatic rings. The molecule has 6 aliphatic rings. The highest BCUT2D eigenvalue weighted by molar-refractivity contribution is 5.69. The van der Waals surface area contributed by atoms with Gasteiger partial charge in [0.1, 0.15) is 12.1 Å².